The van der Waals surface area contributed by atoms with E-state index in [1.54, 1.807) is 4.90 Å². The van der Waals surface area contributed by atoms with E-state index in [1.165, 1.54) is 45.2 Å². The molecule has 2 heterocycles. The number of nitrogens with one attached hydrogen (secondary N) is 1. The SMILES string of the molecule is CC(C)(C)C(=O)OC[C@H]1CCC[NH+]2CCCC[C@H]12. The Morgan fingerprint density at radius 1 is 1.17 bits per heavy atom. The first-order chi connectivity index (χ1) is 8.48. The first-order valence-corrected chi connectivity index (χ1v) is 7.50. The molecular weight excluding hydrogens is 226 g/mol. The number of ether oxygens (including phenoxy) is 1. The van der Waals surface area contributed by atoms with Crippen LogP contribution < -0.4 is 4.90 Å². The fourth-order valence-electron chi connectivity index (χ4n) is 3.38. The van der Waals surface area contributed by atoms with Crippen LogP contribution >= 0.6 is 0 Å². The number of quaternary nitrogens is 1. The van der Waals surface area contributed by atoms with Crippen LogP contribution in [-0.2, 0) is 9.53 Å². The summed E-state index contributed by atoms with van der Waals surface area (Å²) in [6.45, 7) is 9.07. The molecule has 0 radical (unpaired) electrons. The molecule has 2 fully saturated rings. The van der Waals surface area contributed by atoms with Gasteiger partial charge in [0.05, 0.1) is 31.2 Å². The van der Waals surface area contributed by atoms with E-state index >= 15 is 0 Å². The average Bonchev–Trinajstić information content (AvgIpc) is 2.34. The van der Waals surface area contributed by atoms with Crippen molar-refractivity contribution < 1.29 is 14.4 Å². The van der Waals surface area contributed by atoms with Crippen LogP contribution in [-0.4, -0.2) is 31.7 Å². The van der Waals surface area contributed by atoms with Crippen molar-refractivity contribution in [3.63, 3.8) is 0 Å². The second kappa shape index (κ2) is 5.60. The van der Waals surface area contributed by atoms with E-state index in [-0.39, 0.29) is 11.4 Å². The molecule has 1 unspecified atom stereocenters. The summed E-state index contributed by atoms with van der Waals surface area (Å²) in [6, 6.07) is 0.750. The van der Waals surface area contributed by atoms with Crippen molar-refractivity contribution in [2.75, 3.05) is 19.7 Å². The van der Waals surface area contributed by atoms with E-state index in [4.69, 9.17) is 4.74 Å². The van der Waals surface area contributed by atoms with Crippen molar-refractivity contribution >= 4 is 5.97 Å². The Morgan fingerprint density at radius 3 is 2.61 bits per heavy atom. The van der Waals surface area contributed by atoms with Gasteiger partial charge in [0.2, 0.25) is 0 Å². The van der Waals surface area contributed by atoms with E-state index in [2.05, 4.69) is 0 Å². The van der Waals surface area contributed by atoms with Crippen molar-refractivity contribution in [3.8, 4) is 0 Å². The molecule has 0 aromatic heterocycles. The molecule has 0 bridgehead atoms. The topological polar surface area (TPSA) is 30.7 Å². The van der Waals surface area contributed by atoms with Gasteiger partial charge in [-0.2, -0.15) is 0 Å². The first kappa shape index (κ1) is 13.9. The maximum absolute atomic E-state index is 11.8. The third-order valence-electron chi connectivity index (χ3n) is 4.47. The van der Waals surface area contributed by atoms with Gasteiger partial charge in [-0.1, -0.05) is 0 Å². The number of carbonyl (C=O) groups is 1. The molecule has 2 saturated heterocycles. The number of piperidine rings is 2. The Balaban J connectivity index is 1.86. The fraction of sp³-hybridized carbons (Fsp3) is 0.933. The molecule has 0 aliphatic carbocycles. The van der Waals surface area contributed by atoms with E-state index in [9.17, 15) is 4.79 Å². The number of hydrogen-bond donors (Lipinski definition) is 1. The van der Waals surface area contributed by atoms with E-state index in [1.807, 2.05) is 20.8 Å². The van der Waals surface area contributed by atoms with Crippen LogP contribution in [0, 0.1) is 11.3 Å². The maximum Gasteiger partial charge on any atom is 0.311 e. The summed E-state index contributed by atoms with van der Waals surface area (Å²) >= 11 is 0. The van der Waals surface area contributed by atoms with Gasteiger partial charge in [0.25, 0.3) is 0 Å². The predicted molar refractivity (Wildman–Crippen MR) is 71.5 cm³/mol. The molecule has 0 aromatic rings. The van der Waals surface area contributed by atoms with E-state index in [0.29, 0.717) is 12.5 Å². The number of esters is 1. The molecule has 2 aliphatic rings. The van der Waals surface area contributed by atoms with Gasteiger partial charge < -0.3 is 9.64 Å². The Bertz CT molecular complexity index is 293. The summed E-state index contributed by atoms with van der Waals surface area (Å²) in [6.07, 6.45) is 6.60. The van der Waals surface area contributed by atoms with E-state index in [0.717, 1.165) is 6.04 Å². The molecule has 0 saturated carbocycles. The molecule has 2 rings (SSSR count). The van der Waals surface area contributed by atoms with Crippen LogP contribution in [0.5, 0.6) is 0 Å². The number of rotatable bonds is 2. The van der Waals surface area contributed by atoms with E-state index < -0.39 is 0 Å². The Hall–Kier alpha value is -0.570. The molecule has 104 valence electrons. The zero-order valence-electron chi connectivity index (χ0n) is 12.1. The average molecular weight is 254 g/mol. The molecular formula is C15H28NO2+. The zero-order chi connectivity index (χ0) is 13.2. The zero-order valence-corrected chi connectivity index (χ0v) is 12.1. The Morgan fingerprint density at radius 2 is 1.89 bits per heavy atom. The van der Waals surface area contributed by atoms with Gasteiger partial charge in [0, 0.05) is 5.92 Å². The highest BCUT2D eigenvalue weighted by Crippen LogP contribution is 2.22. The van der Waals surface area contributed by atoms with Gasteiger partial charge in [0.15, 0.2) is 0 Å². The van der Waals surface area contributed by atoms with Crippen LogP contribution in [0.2, 0.25) is 0 Å². The molecule has 3 nitrogen and oxygen atoms in total. The normalized spacial score (nSPS) is 32.7. The van der Waals surface area contributed by atoms with Crippen LogP contribution in [0.25, 0.3) is 0 Å². The molecule has 0 spiro atoms. The maximum atomic E-state index is 11.8. The molecule has 1 N–H and O–H groups in total. The number of carbonyl (C=O) groups excluding carboxylic acids is 1. The van der Waals surface area contributed by atoms with Gasteiger partial charge in [-0.15, -0.1) is 0 Å². The lowest BCUT2D eigenvalue weighted by atomic mass is 9.84. The van der Waals surface area contributed by atoms with Crippen molar-refractivity contribution in [3.05, 3.63) is 0 Å². The lowest BCUT2D eigenvalue weighted by Crippen LogP contribution is -3.18. The smallest absolute Gasteiger partial charge is 0.311 e. The van der Waals surface area contributed by atoms with Crippen LogP contribution in [0.1, 0.15) is 52.9 Å². The summed E-state index contributed by atoms with van der Waals surface area (Å²) in [4.78, 5) is 13.6. The monoisotopic (exact) mass is 254 g/mol. The lowest BCUT2D eigenvalue weighted by Gasteiger charge is -2.41. The number of hydrogen-bond acceptors (Lipinski definition) is 2. The van der Waals surface area contributed by atoms with Gasteiger partial charge in [0.1, 0.15) is 0 Å². The van der Waals surface area contributed by atoms with Gasteiger partial charge >= 0.3 is 5.97 Å². The summed E-state index contributed by atoms with van der Waals surface area (Å²) in [5.74, 6) is 0.547. The third-order valence-corrected chi connectivity index (χ3v) is 4.47. The minimum absolute atomic E-state index is 0.0505. The van der Waals surface area contributed by atoms with Crippen LogP contribution in [0.4, 0.5) is 0 Å². The third kappa shape index (κ3) is 3.25. The second-order valence-electron chi connectivity index (χ2n) is 7.01. The molecule has 0 aromatic carbocycles. The summed E-state index contributed by atoms with van der Waals surface area (Å²) < 4.78 is 5.54. The summed E-state index contributed by atoms with van der Waals surface area (Å²) in [5, 5.41) is 0. The highest BCUT2D eigenvalue weighted by Gasteiger charge is 2.37. The molecule has 2 aliphatic heterocycles. The summed E-state index contributed by atoms with van der Waals surface area (Å²) in [5.41, 5.74) is -0.367. The van der Waals surface area contributed by atoms with Crippen molar-refractivity contribution in [2.45, 2.75) is 58.9 Å². The largest absolute Gasteiger partial charge is 0.465 e. The fourth-order valence-corrected chi connectivity index (χ4v) is 3.38. The van der Waals surface area contributed by atoms with Gasteiger partial charge in [-0.3, -0.25) is 4.79 Å². The van der Waals surface area contributed by atoms with Gasteiger partial charge in [-0.25, -0.2) is 0 Å². The van der Waals surface area contributed by atoms with Crippen molar-refractivity contribution in [1.82, 2.24) is 0 Å². The molecule has 3 atom stereocenters. The molecule has 18 heavy (non-hydrogen) atoms. The van der Waals surface area contributed by atoms with Crippen molar-refractivity contribution in [2.24, 2.45) is 11.3 Å². The molecule has 0 amide bonds. The van der Waals surface area contributed by atoms with Crippen LogP contribution in [0.3, 0.4) is 0 Å². The predicted octanol–water partition coefficient (Wildman–Crippen LogP) is 1.42. The second-order valence-corrected chi connectivity index (χ2v) is 7.01. The highest BCUT2D eigenvalue weighted by atomic mass is 16.5. The van der Waals surface area contributed by atoms with Gasteiger partial charge in [-0.05, 0) is 52.9 Å². The minimum Gasteiger partial charge on any atom is -0.465 e. The lowest BCUT2D eigenvalue weighted by molar-refractivity contribution is -0.940. The molecule has 3 heteroatoms. The Kier molecular flexibility index (Phi) is 4.31. The minimum atomic E-state index is -0.367. The highest BCUT2D eigenvalue weighted by molar-refractivity contribution is 5.75. The summed E-state index contributed by atoms with van der Waals surface area (Å²) in [7, 11) is 0. The van der Waals surface area contributed by atoms with Crippen molar-refractivity contribution in [1.29, 1.82) is 0 Å². The quantitative estimate of drug-likeness (QED) is 0.756. The number of fused-ring (bicyclic) bond motifs is 1. The Labute approximate surface area is 111 Å². The standard InChI is InChI=1S/C15H27NO2/c1-15(2,3)14(17)18-11-12-7-6-10-16-9-5-4-8-13(12)16/h12-13H,4-11H2,1-3H3/p+1/t12-,13-/m1/s1. The first-order valence-electron chi connectivity index (χ1n) is 7.50. The van der Waals surface area contributed by atoms with Crippen LogP contribution in [0.15, 0.2) is 0 Å².